The lowest BCUT2D eigenvalue weighted by molar-refractivity contribution is 0.468. The zero-order valence-corrected chi connectivity index (χ0v) is 10.7. The highest BCUT2D eigenvalue weighted by molar-refractivity contribution is 7.18. The molecule has 2 aromatic rings. The predicted octanol–water partition coefficient (Wildman–Crippen LogP) is 3.01. The van der Waals surface area contributed by atoms with Crippen molar-refractivity contribution in [2.75, 3.05) is 5.73 Å². The van der Waals surface area contributed by atoms with Gasteiger partial charge in [-0.1, -0.05) is 24.2 Å². The van der Waals surface area contributed by atoms with Crippen molar-refractivity contribution >= 4 is 16.5 Å². The van der Waals surface area contributed by atoms with Gasteiger partial charge in [-0.2, -0.15) is 5.10 Å². The molecule has 0 unspecified atom stereocenters. The van der Waals surface area contributed by atoms with E-state index >= 15 is 0 Å². The van der Waals surface area contributed by atoms with Gasteiger partial charge in [0.25, 0.3) is 0 Å². The quantitative estimate of drug-likeness (QED) is 0.888. The van der Waals surface area contributed by atoms with E-state index in [-0.39, 0.29) is 0 Å². The van der Waals surface area contributed by atoms with E-state index in [1.807, 2.05) is 6.92 Å². The number of nitrogen functional groups attached to an aromatic ring is 1. The molecule has 1 fully saturated rings. The molecule has 2 N–H and O–H groups in total. The number of aryl methyl sites for hydroxylation is 1. The van der Waals surface area contributed by atoms with Crippen molar-refractivity contribution in [1.82, 2.24) is 14.8 Å². The summed E-state index contributed by atoms with van der Waals surface area (Å²) >= 11 is 1.51. The zero-order chi connectivity index (χ0) is 11.8. The summed E-state index contributed by atoms with van der Waals surface area (Å²) < 4.78 is 2.11. The summed E-state index contributed by atoms with van der Waals surface area (Å²) in [6, 6.07) is 2.66. The maximum Gasteiger partial charge on any atom is 0.180 e. The molecule has 5 heteroatoms. The third-order valence-corrected chi connectivity index (χ3v) is 4.36. The third kappa shape index (κ3) is 1.95. The smallest absolute Gasteiger partial charge is 0.180 e. The Balaban J connectivity index is 1.91. The molecule has 0 spiro atoms. The molecule has 0 aliphatic heterocycles. The Morgan fingerprint density at radius 3 is 2.82 bits per heavy atom. The van der Waals surface area contributed by atoms with E-state index in [2.05, 4.69) is 27.0 Å². The SMILES string of the molecule is Cc1nc(N)sc1-c1ccn(C2CCCC2)n1. The molecule has 90 valence electrons. The van der Waals surface area contributed by atoms with E-state index in [1.54, 1.807) is 0 Å². The molecule has 0 radical (unpaired) electrons. The minimum atomic E-state index is 0.592. The van der Waals surface area contributed by atoms with Gasteiger partial charge in [-0.25, -0.2) is 4.98 Å². The monoisotopic (exact) mass is 248 g/mol. The van der Waals surface area contributed by atoms with Crippen molar-refractivity contribution < 1.29 is 0 Å². The molecule has 0 atom stereocenters. The van der Waals surface area contributed by atoms with Gasteiger partial charge in [0.15, 0.2) is 5.13 Å². The van der Waals surface area contributed by atoms with Crippen LogP contribution in [0.25, 0.3) is 10.6 Å². The lowest BCUT2D eigenvalue weighted by Gasteiger charge is -2.08. The summed E-state index contributed by atoms with van der Waals surface area (Å²) in [6.07, 6.45) is 7.25. The first-order valence-electron chi connectivity index (χ1n) is 6.02. The molecule has 0 bridgehead atoms. The standard InChI is InChI=1S/C12H16N4S/c1-8-11(17-12(13)14-8)10-6-7-16(15-10)9-4-2-3-5-9/h6-7,9H,2-5H2,1H3,(H2,13,14). The number of hydrogen-bond donors (Lipinski definition) is 1. The summed E-state index contributed by atoms with van der Waals surface area (Å²) in [5.41, 5.74) is 7.70. The Bertz CT molecular complexity index is 522. The van der Waals surface area contributed by atoms with Gasteiger partial charge in [-0.05, 0) is 25.8 Å². The minimum Gasteiger partial charge on any atom is -0.375 e. The highest BCUT2D eigenvalue weighted by Gasteiger charge is 2.18. The number of aromatic nitrogens is 3. The number of thiazole rings is 1. The molecule has 0 amide bonds. The molecule has 0 aromatic carbocycles. The van der Waals surface area contributed by atoms with Gasteiger partial charge < -0.3 is 5.73 Å². The second-order valence-electron chi connectivity index (χ2n) is 4.59. The predicted molar refractivity (Wildman–Crippen MR) is 70.0 cm³/mol. The Hall–Kier alpha value is -1.36. The van der Waals surface area contributed by atoms with Gasteiger partial charge in [-0.15, -0.1) is 0 Å². The second-order valence-corrected chi connectivity index (χ2v) is 5.62. The lowest BCUT2D eigenvalue weighted by atomic mass is 10.3. The summed E-state index contributed by atoms with van der Waals surface area (Å²) in [6.45, 7) is 1.98. The molecule has 1 saturated carbocycles. The van der Waals surface area contributed by atoms with Crippen molar-refractivity contribution in [1.29, 1.82) is 0 Å². The zero-order valence-electron chi connectivity index (χ0n) is 9.89. The van der Waals surface area contributed by atoms with Crippen LogP contribution in [0.1, 0.15) is 37.4 Å². The topological polar surface area (TPSA) is 56.7 Å². The van der Waals surface area contributed by atoms with E-state index in [1.165, 1.54) is 37.0 Å². The number of nitrogens with two attached hydrogens (primary N) is 1. The molecule has 4 nitrogen and oxygen atoms in total. The number of rotatable bonds is 2. The van der Waals surface area contributed by atoms with Crippen molar-refractivity contribution in [3.63, 3.8) is 0 Å². The molecule has 2 heterocycles. The van der Waals surface area contributed by atoms with Crippen molar-refractivity contribution in [3.05, 3.63) is 18.0 Å². The number of hydrogen-bond acceptors (Lipinski definition) is 4. The Morgan fingerprint density at radius 2 is 2.18 bits per heavy atom. The second kappa shape index (κ2) is 4.14. The Kier molecular flexibility index (Phi) is 2.63. The first-order valence-corrected chi connectivity index (χ1v) is 6.84. The fraction of sp³-hybridized carbons (Fsp3) is 0.500. The maximum atomic E-state index is 5.72. The van der Waals surface area contributed by atoms with E-state index in [9.17, 15) is 0 Å². The Morgan fingerprint density at radius 1 is 1.41 bits per heavy atom. The van der Waals surface area contributed by atoms with Crippen LogP contribution in [0.4, 0.5) is 5.13 Å². The molecular formula is C12H16N4S. The number of nitrogens with zero attached hydrogens (tertiary/aromatic N) is 3. The minimum absolute atomic E-state index is 0.592. The van der Waals surface area contributed by atoms with Gasteiger partial charge in [0.1, 0.15) is 5.69 Å². The average Bonchev–Trinajstić information content (AvgIpc) is 2.97. The van der Waals surface area contributed by atoms with Gasteiger partial charge >= 0.3 is 0 Å². The molecule has 2 aromatic heterocycles. The summed E-state index contributed by atoms with van der Waals surface area (Å²) in [7, 11) is 0. The van der Waals surface area contributed by atoms with E-state index < -0.39 is 0 Å². The number of anilines is 1. The van der Waals surface area contributed by atoms with Crippen molar-refractivity contribution in [2.45, 2.75) is 38.6 Å². The summed E-state index contributed by atoms with van der Waals surface area (Å²) in [4.78, 5) is 5.34. The maximum absolute atomic E-state index is 5.72. The molecule has 0 saturated heterocycles. The van der Waals surface area contributed by atoms with Crippen molar-refractivity contribution in [3.8, 4) is 10.6 Å². The molecule has 1 aliphatic rings. The van der Waals surface area contributed by atoms with Crippen LogP contribution in [0.15, 0.2) is 12.3 Å². The Labute approximate surface area is 104 Å². The van der Waals surface area contributed by atoms with Crippen LogP contribution < -0.4 is 5.73 Å². The largest absolute Gasteiger partial charge is 0.375 e. The van der Waals surface area contributed by atoms with Crippen LogP contribution in [0.2, 0.25) is 0 Å². The van der Waals surface area contributed by atoms with Crippen LogP contribution >= 0.6 is 11.3 Å². The molecular weight excluding hydrogens is 232 g/mol. The normalized spacial score (nSPS) is 16.8. The first kappa shape index (κ1) is 10.8. The van der Waals surface area contributed by atoms with Crippen LogP contribution in [0.5, 0.6) is 0 Å². The van der Waals surface area contributed by atoms with Gasteiger partial charge in [0.2, 0.25) is 0 Å². The van der Waals surface area contributed by atoms with Gasteiger partial charge in [0, 0.05) is 6.20 Å². The van der Waals surface area contributed by atoms with Crippen LogP contribution in [0, 0.1) is 6.92 Å². The fourth-order valence-electron chi connectivity index (χ4n) is 2.49. The van der Waals surface area contributed by atoms with Crippen molar-refractivity contribution in [2.24, 2.45) is 0 Å². The van der Waals surface area contributed by atoms with Gasteiger partial charge in [0.05, 0.1) is 16.6 Å². The highest BCUT2D eigenvalue weighted by Crippen LogP contribution is 2.33. The van der Waals surface area contributed by atoms with Crippen LogP contribution in [0.3, 0.4) is 0 Å². The first-order chi connectivity index (χ1) is 8.24. The van der Waals surface area contributed by atoms with Crippen LogP contribution in [-0.2, 0) is 0 Å². The third-order valence-electron chi connectivity index (χ3n) is 3.35. The van der Waals surface area contributed by atoms with E-state index in [4.69, 9.17) is 5.73 Å². The van der Waals surface area contributed by atoms with Gasteiger partial charge in [-0.3, -0.25) is 4.68 Å². The molecule has 3 rings (SSSR count). The molecule has 17 heavy (non-hydrogen) atoms. The van der Waals surface area contributed by atoms with Crippen LogP contribution in [-0.4, -0.2) is 14.8 Å². The lowest BCUT2D eigenvalue weighted by Crippen LogP contribution is -2.04. The van der Waals surface area contributed by atoms with E-state index in [0.29, 0.717) is 11.2 Å². The summed E-state index contributed by atoms with van der Waals surface area (Å²) in [5.74, 6) is 0. The van der Waals surface area contributed by atoms with E-state index in [0.717, 1.165) is 16.3 Å². The summed E-state index contributed by atoms with van der Waals surface area (Å²) in [5, 5.41) is 5.29. The average molecular weight is 248 g/mol. The highest BCUT2D eigenvalue weighted by atomic mass is 32.1. The fourth-order valence-corrected chi connectivity index (χ4v) is 3.28. The molecule has 1 aliphatic carbocycles.